The molecule has 1 heterocycles. The number of carbonyl (C=O) groups excluding carboxylic acids is 1. The Bertz CT molecular complexity index is 502. The van der Waals surface area contributed by atoms with Crippen molar-refractivity contribution in [3.63, 3.8) is 0 Å². The quantitative estimate of drug-likeness (QED) is 0.874. The monoisotopic (exact) mass is 278 g/mol. The molecule has 0 saturated heterocycles. The van der Waals surface area contributed by atoms with Crippen molar-refractivity contribution in [2.24, 2.45) is 11.7 Å². The zero-order valence-corrected chi connectivity index (χ0v) is 12.2. The predicted molar refractivity (Wildman–Crippen MR) is 77.7 cm³/mol. The lowest BCUT2D eigenvalue weighted by atomic mass is 10.0. The molecule has 1 aliphatic heterocycles. The highest BCUT2D eigenvalue weighted by Crippen LogP contribution is 2.36. The summed E-state index contributed by atoms with van der Waals surface area (Å²) in [6.07, 6.45) is -1.21. The van der Waals surface area contributed by atoms with E-state index in [4.69, 9.17) is 10.5 Å². The summed E-state index contributed by atoms with van der Waals surface area (Å²) in [5.74, 6) is 0.969. The summed E-state index contributed by atoms with van der Waals surface area (Å²) >= 11 is 0. The van der Waals surface area contributed by atoms with E-state index in [2.05, 4.69) is 13.8 Å². The van der Waals surface area contributed by atoms with Gasteiger partial charge in [0, 0.05) is 13.1 Å². The van der Waals surface area contributed by atoms with Crippen LogP contribution in [0, 0.1) is 5.92 Å². The molecule has 0 aliphatic carbocycles. The van der Waals surface area contributed by atoms with Crippen LogP contribution < -0.4 is 15.4 Å². The normalized spacial score (nSPS) is 19.8. The number of nitrogens with zero attached hydrogens (tertiary/aromatic N) is 1. The zero-order valence-electron chi connectivity index (χ0n) is 12.2. The number of carbonyl (C=O) groups is 1. The Morgan fingerprint density at radius 1 is 1.45 bits per heavy atom. The molecule has 2 atom stereocenters. The molecule has 5 nitrogen and oxygen atoms in total. The molecular weight excluding hydrogens is 256 g/mol. The van der Waals surface area contributed by atoms with Gasteiger partial charge in [0.2, 0.25) is 0 Å². The lowest BCUT2D eigenvalue weighted by molar-refractivity contribution is -0.125. The number of anilines is 1. The molecule has 0 saturated carbocycles. The lowest BCUT2D eigenvalue weighted by Crippen LogP contribution is -2.46. The summed E-state index contributed by atoms with van der Waals surface area (Å²) in [5.41, 5.74) is 6.90. The third-order valence-corrected chi connectivity index (χ3v) is 3.35. The molecule has 0 radical (unpaired) electrons. The fourth-order valence-electron chi connectivity index (χ4n) is 2.32. The first-order valence-corrected chi connectivity index (χ1v) is 6.94. The van der Waals surface area contributed by atoms with Crippen LogP contribution in [0.25, 0.3) is 0 Å². The molecule has 1 aromatic rings. The van der Waals surface area contributed by atoms with Gasteiger partial charge in [0.1, 0.15) is 5.75 Å². The maximum absolute atomic E-state index is 12.3. The van der Waals surface area contributed by atoms with Crippen molar-refractivity contribution in [2.75, 3.05) is 18.0 Å². The summed E-state index contributed by atoms with van der Waals surface area (Å²) in [6.45, 7) is 6.65. The molecule has 0 bridgehead atoms. The van der Waals surface area contributed by atoms with E-state index < -0.39 is 12.2 Å². The Morgan fingerprint density at radius 3 is 2.75 bits per heavy atom. The largest absolute Gasteiger partial charge is 0.479 e. The van der Waals surface area contributed by atoms with Crippen LogP contribution in [-0.2, 0) is 4.79 Å². The van der Waals surface area contributed by atoms with Crippen molar-refractivity contribution in [3.8, 4) is 5.75 Å². The van der Waals surface area contributed by atoms with Crippen LogP contribution in [0.4, 0.5) is 5.69 Å². The Labute approximate surface area is 119 Å². The number of aliphatic hydroxyl groups excluding tert-OH is 1. The number of fused-ring (bicyclic) bond motifs is 1. The van der Waals surface area contributed by atoms with Crippen LogP contribution in [0.5, 0.6) is 5.75 Å². The SMILES string of the molecule is CC(C)CN1C(=O)C(C)Oc2ccc(C(O)CN)cc21. The molecule has 0 fully saturated rings. The highest BCUT2D eigenvalue weighted by atomic mass is 16.5. The molecule has 1 amide bonds. The van der Waals surface area contributed by atoms with Gasteiger partial charge in [0.15, 0.2) is 6.10 Å². The Morgan fingerprint density at radius 2 is 2.15 bits per heavy atom. The van der Waals surface area contributed by atoms with Crippen molar-refractivity contribution in [3.05, 3.63) is 23.8 Å². The van der Waals surface area contributed by atoms with E-state index in [1.54, 1.807) is 30.0 Å². The fourth-order valence-corrected chi connectivity index (χ4v) is 2.32. The molecule has 110 valence electrons. The fraction of sp³-hybridized carbons (Fsp3) is 0.533. The first kappa shape index (κ1) is 14.8. The van der Waals surface area contributed by atoms with E-state index in [9.17, 15) is 9.90 Å². The second-order valence-electron chi connectivity index (χ2n) is 5.58. The zero-order chi connectivity index (χ0) is 14.9. The highest BCUT2D eigenvalue weighted by Gasteiger charge is 2.32. The smallest absolute Gasteiger partial charge is 0.267 e. The number of nitrogens with two attached hydrogens (primary N) is 1. The van der Waals surface area contributed by atoms with E-state index >= 15 is 0 Å². The van der Waals surface area contributed by atoms with Crippen molar-refractivity contribution >= 4 is 11.6 Å². The average molecular weight is 278 g/mol. The van der Waals surface area contributed by atoms with E-state index in [0.717, 1.165) is 0 Å². The lowest BCUT2D eigenvalue weighted by Gasteiger charge is -2.34. The van der Waals surface area contributed by atoms with Crippen LogP contribution in [-0.4, -0.2) is 30.2 Å². The van der Waals surface area contributed by atoms with Gasteiger partial charge in [-0.05, 0) is 30.5 Å². The first-order valence-electron chi connectivity index (χ1n) is 6.94. The second-order valence-corrected chi connectivity index (χ2v) is 5.58. The molecular formula is C15H22N2O3. The van der Waals surface area contributed by atoms with Gasteiger partial charge in [-0.2, -0.15) is 0 Å². The highest BCUT2D eigenvalue weighted by molar-refractivity contribution is 5.99. The van der Waals surface area contributed by atoms with Gasteiger partial charge in [0.05, 0.1) is 11.8 Å². The maximum Gasteiger partial charge on any atom is 0.267 e. The Kier molecular flexibility index (Phi) is 4.30. The van der Waals surface area contributed by atoms with Crippen molar-refractivity contribution < 1.29 is 14.6 Å². The summed E-state index contributed by atoms with van der Waals surface area (Å²) in [5, 5.41) is 9.85. The molecule has 2 rings (SSSR count). The van der Waals surface area contributed by atoms with E-state index in [1.165, 1.54) is 0 Å². The molecule has 1 aliphatic rings. The van der Waals surface area contributed by atoms with E-state index in [-0.39, 0.29) is 12.5 Å². The summed E-state index contributed by atoms with van der Waals surface area (Å²) in [4.78, 5) is 14.0. The first-order chi connectivity index (χ1) is 9.43. The minimum absolute atomic E-state index is 0.0504. The van der Waals surface area contributed by atoms with Gasteiger partial charge >= 0.3 is 0 Å². The number of aliphatic hydroxyl groups is 1. The average Bonchev–Trinajstić information content (AvgIpc) is 2.42. The van der Waals surface area contributed by atoms with Crippen LogP contribution >= 0.6 is 0 Å². The number of benzene rings is 1. The number of hydrogen-bond donors (Lipinski definition) is 2. The molecule has 20 heavy (non-hydrogen) atoms. The van der Waals surface area contributed by atoms with Crippen LogP contribution in [0.3, 0.4) is 0 Å². The van der Waals surface area contributed by atoms with Crippen LogP contribution in [0.15, 0.2) is 18.2 Å². The van der Waals surface area contributed by atoms with Crippen LogP contribution in [0.2, 0.25) is 0 Å². The molecule has 5 heteroatoms. The van der Waals surface area contributed by atoms with Gasteiger partial charge < -0.3 is 20.5 Å². The molecule has 0 spiro atoms. The number of rotatable bonds is 4. The summed E-state index contributed by atoms with van der Waals surface area (Å²) in [7, 11) is 0. The minimum atomic E-state index is -0.726. The standard InChI is InChI=1S/C15H22N2O3/c1-9(2)8-17-12-6-11(13(18)7-16)4-5-14(12)20-10(3)15(17)19/h4-6,9-10,13,18H,7-8,16H2,1-3H3. The topological polar surface area (TPSA) is 75.8 Å². The van der Waals surface area contributed by atoms with Crippen molar-refractivity contribution in [2.45, 2.75) is 33.0 Å². The molecule has 0 aromatic heterocycles. The van der Waals surface area contributed by atoms with E-state index in [1.807, 2.05) is 0 Å². The number of ether oxygens (including phenoxy) is 1. The van der Waals surface area contributed by atoms with Crippen molar-refractivity contribution in [1.82, 2.24) is 0 Å². The summed E-state index contributed by atoms with van der Waals surface area (Å²) in [6, 6.07) is 5.37. The Hall–Kier alpha value is -1.59. The third-order valence-electron chi connectivity index (χ3n) is 3.35. The minimum Gasteiger partial charge on any atom is -0.479 e. The van der Waals surface area contributed by atoms with Gasteiger partial charge in [-0.15, -0.1) is 0 Å². The number of hydrogen-bond acceptors (Lipinski definition) is 4. The van der Waals surface area contributed by atoms with Gasteiger partial charge in [0.25, 0.3) is 5.91 Å². The second kappa shape index (κ2) is 5.81. The van der Waals surface area contributed by atoms with Gasteiger partial charge in [-0.3, -0.25) is 4.79 Å². The Balaban J connectivity index is 2.42. The predicted octanol–water partition coefficient (Wildman–Crippen LogP) is 1.45. The van der Waals surface area contributed by atoms with Crippen LogP contribution in [0.1, 0.15) is 32.4 Å². The number of amides is 1. The third kappa shape index (κ3) is 2.78. The van der Waals surface area contributed by atoms with Crippen molar-refractivity contribution in [1.29, 1.82) is 0 Å². The maximum atomic E-state index is 12.3. The van der Waals surface area contributed by atoms with Gasteiger partial charge in [-0.1, -0.05) is 19.9 Å². The molecule has 3 N–H and O–H groups in total. The molecule has 1 aromatic carbocycles. The summed E-state index contributed by atoms with van der Waals surface area (Å²) < 4.78 is 5.62. The van der Waals surface area contributed by atoms with Gasteiger partial charge in [-0.25, -0.2) is 0 Å². The van der Waals surface area contributed by atoms with E-state index in [0.29, 0.717) is 29.5 Å². The molecule has 2 unspecified atom stereocenters.